The molecule has 2 unspecified atom stereocenters. The third-order valence-electron chi connectivity index (χ3n) is 5.85. The highest BCUT2D eigenvalue weighted by atomic mass is 32.3. The van der Waals surface area contributed by atoms with Crippen molar-refractivity contribution >= 4 is 41.4 Å². The van der Waals surface area contributed by atoms with Crippen molar-refractivity contribution in [3.05, 3.63) is 0 Å². The van der Waals surface area contributed by atoms with E-state index in [4.69, 9.17) is 0 Å². The number of rotatable bonds is 7. The van der Waals surface area contributed by atoms with Crippen molar-refractivity contribution in [1.82, 2.24) is 4.72 Å². The van der Waals surface area contributed by atoms with E-state index in [1.54, 1.807) is 13.8 Å². The van der Waals surface area contributed by atoms with Crippen LogP contribution in [0.5, 0.6) is 0 Å². The first kappa shape index (κ1) is 23.1. The van der Waals surface area contributed by atoms with Crippen LogP contribution in [0.1, 0.15) is 33.1 Å². The van der Waals surface area contributed by atoms with Gasteiger partial charge >= 0.3 is 11.2 Å². The number of sulfone groups is 2. The molecule has 2 aliphatic rings. The van der Waals surface area contributed by atoms with Gasteiger partial charge in [0.05, 0.1) is 11.2 Å². The van der Waals surface area contributed by atoms with Crippen LogP contribution in [0, 0.1) is 16.7 Å². The summed E-state index contributed by atoms with van der Waals surface area (Å²) < 4.78 is 98.9. The van der Waals surface area contributed by atoms with E-state index in [2.05, 4.69) is 0 Å². The first-order chi connectivity index (χ1) is 12.3. The Bertz CT molecular complexity index is 1030. The fraction of sp³-hybridized carbons (Fsp3) is 0.857. The number of amides is 1. The van der Waals surface area contributed by atoms with Crippen molar-refractivity contribution in [2.45, 2.75) is 38.4 Å². The summed E-state index contributed by atoms with van der Waals surface area (Å²) >= 11 is 0. The number of sulfonamides is 1. The van der Waals surface area contributed by atoms with Crippen molar-refractivity contribution in [3.8, 4) is 0 Å². The van der Waals surface area contributed by atoms with E-state index in [-0.39, 0.29) is 24.5 Å². The number of ketones is 1. The van der Waals surface area contributed by atoms with Gasteiger partial charge in [-0.1, -0.05) is 13.8 Å². The molecule has 162 valence electrons. The van der Waals surface area contributed by atoms with Crippen LogP contribution in [0.15, 0.2) is 0 Å². The average Bonchev–Trinajstić information content (AvgIpc) is 2.77. The van der Waals surface area contributed by atoms with Gasteiger partial charge in [0.25, 0.3) is 0 Å². The predicted octanol–water partition coefficient (Wildman–Crippen LogP) is -0.162. The van der Waals surface area contributed by atoms with E-state index in [0.29, 0.717) is 12.7 Å². The Labute approximate surface area is 162 Å². The lowest BCUT2D eigenvalue weighted by atomic mass is 9.70. The number of nitrogens with one attached hydrogen (secondary N) is 1. The molecular formula is C14H21F2NO8S3. The molecule has 2 atom stereocenters. The van der Waals surface area contributed by atoms with Gasteiger partial charge in [0.15, 0.2) is 14.9 Å². The smallest absolute Gasteiger partial charge is 0.299 e. The molecule has 2 fully saturated rings. The van der Waals surface area contributed by atoms with E-state index in [1.807, 2.05) is 0 Å². The second-order valence-corrected chi connectivity index (χ2v) is 14.3. The number of fused-ring (bicyclic) bond motifs is 2. The molecule has 1 N–H and O–H groups in total. The normalized spacial score (nSPS) is 27.8. The number of hydrogen-bond acceptors (Lipinski definition) is 8. The zero-order valence-electron chi connectivity index (χ0n) is 15.4. The maximum absolute atomic E-state index is 14.0. The molecule has 0 radical (unpaired) electrons. The maximum Gasteiger partial charge on any atom is 0.423 e. The Morgan fingerprint density at radius 1 is 1.18 bits per heavy atom. The van der Waals surface area contributed by atoms with Crippen LogP contribution >= 0.6 is 0 Å². The summed E-state index contributed by atoms with van der Waals surface area (Å²) in [7, 11) is -15.1. The van der Waals surface area contributed by atoms with Crippen molar-refractivity contribution < 1.29 is 43.6 Å². The zero-order valence-corrected chi connectivity index (χ0v) is 17.8. The highest BCUT2D eigenvalue weighted by Crippen LogP contribution is 2.64. The van der Waals surface area contributed by atoms with E-state index < -0.39 is 62.5 Å². The van der Waals surface area contributed by atoms with Gasteiger partial charge in [-0.15, -0.1) is 0 Å². The third kappa shape index (κ3) is 3.70. The predicted molar refractivity (Wildman–Crippen MR) is 94.1 cm³/mol. The quantitative estimate of drug-likeness (QED) is 0.545. The first-order valence-corrected chi connectivity index (χ1v) is 13.5. The molecule has 2 bridgehead atoms. The molecule has 2 aliphatic carbocycles. The molecule has 0 aromatic carbocycles. The zero-order chi connectivity index (χ0) is 22.0. The fourth-order valence-electron chi connectivity index (χ4n) is 4.17. The number of carbonyl (C=O) groups excluding carboxylic acids is 2. The van der Waals surface area contributed by atoms with Crippen LogP contribution in [-0.4, -0.2) is 59.3 Å². The standard InChI is InChI=1S/C14H21F2NO8S3/c1-12(2)9-4-5-13(12,10(18)6-9)7-28(24,25)17-11(19)14(15,16)27(22,23)8-26(3,20)21/h9H,4-8H2,1-3H3,(H,17,19). The van der Waals surface area contributed by atoms with Crippen LogP contribution in [-0.2, 0) is 39.3 Å². The topological polar surface area (TPSA) is 149 Å². The molecule has 0 saturated heterocycles. The van der Waals surface area contributed by atoms with Crippen molar-refractivity contribution in [3.63, 3.8) is 0 Å². The molecule has 0 spiro atoms. The van der Waals surface area contributed by atoms with Gasteiger partial charge in [0.2, 0.25) is 19.9 Å². The van der Waals surface area contributed by atoms with Gasteiger partial charge in [-0.05, 0) is 24.2 Å². The first-order valence-electron chi connectivity index (χ1n) is 8.13. The van der Waals surface area contributed by atoms with Crippen LogP contribution in [0.25, 0.3) is 0 Å². The Morgan fingerprint density at radius 3 is 2.11 bits per heavy atom. The summed E-state index contributed by atoms with van der Waals surface area (Å²) in [6.45, 7) is 3.39. The van der Waals surface area contributed by atoms with Crippen LogP contribution in [0.4, 0.5) is 8.78 Å². The second kappa shape index (κ2) is 6.42. The number of alkyl halides is 2. The summed E-state index contributed by atoms with van der Waals surface area (Å²) in [5.41, 5.74) is -2.09. The number of hydrogen-bond donors (Lipinski definition) is 1. The van der Waals surface area contributed by atoms with Crippen LogP contribution in [0.2, 0.25) is 0 Å². The van der Waals surface area contributed by atoms with E-state index in [9.17, 15) is 43.6 Å². The number of carbonyl (C=O) groups is 2. The monoisotopic (exact) mass is 465 g/mol. The van der Waals surface area contributed by atoms with E-state index in [1.165, 1.54) is 0 Å². The Hall–Kier alpha value is -1.15. The Balaban J connectivity index is 2.27. The molecular weight excluding hydrogens is 444 g/mol. The summed E-state index contributed by atoms with van der Waals surface area (Å²) in [4.78, 5) is 24.1. The molecule has 0 aromatic heterocycles. The Kier molecular flexibility index (Phi) is 5.31. The minimum absolute atomic E-state index is 0.0671. The molecule has 0 aliphatic heterocycles. The molecule has 28 heavy (non-hydrogen) atoms. The maximum atomic E-state index is 14.0. The molecule has 0 heterocycles. The number of halogens is 2. The summed E-state index contributed by atoms with van der Waals surface area (Å²) in [5, 5.41) is -7.31. The SMILES string of the molecule is CC1(C)C2CCC1(CS(=O)(=O)NC(=O)C(F)(F)S(=O)(=O)CS(C)(=O)=O)C(=O)C2. The molecule has 2 rings (SSSR count). The third-order valence-corrected chi connectivity index (χ3v) is 11.1. The highest BCUT2D eigenvalue weighted by molar-refractivity contribution is 8.08. The number of Topliss-reactive ketones (excluding diaryl/α,β-unsaturated/α-hetero) is 1. The largest absolute Gasteiger partial charge is 0.423 e. The molecule has 2 saturated carbocycles. The van der Waals surface area contributed by atoms with E-state index in [0.717, 1.165) is 4.72 Å². The van der Waals surface area contributed by atoms with Gasteiger partial charge in [0.1, 0.15) is 5.78 Å². The Morgan fingerprint density at radius 2 is 1.71 bits per heavy atom. The summed E-state index contributed by atoms with van der Waals surface area (Å²) in [5.74, 6) is -4.02. The van der Waals surface area contributed by atoms with Crippen molar-refractivity contribution in [1.29, 1.82) is 0 Å². The minimum atomic E-state index is -5.83. The molecule has 0 aromatic rings. The fourth-order valence-corrected chi connectivity index (χ4v) is 9.22. The van der Waals surface area contributed by atoms with Crippen molar-refractivity contribution in [2.24, 2.45) is 16.7 Å². The van der Waals surface area contributed by atoms with Crippen molar-refractivity contribution in [2.75, 3.05) is 17.1 Å². The second-order valence-electron chi connectivity index (χ2n) is 8.03. The molecule has 9 nitrogen and oxygen atoms in total. The lowest BCUT2D eigenvalue weighted by Gasteiger charge is -2.36. The lowest BCUT2D eigenvalue weighted by molar-refractivity contribution is -0.133. The molecule has 1 amide bonds. The van der Waals surface area contributed by atoms with Gasteiger partial charge in [0, 0.05) is 12.7 Å². The van der Waals surface area contributed by atoms with Crippen LogP contribution in [0.3, 0.4) is 0 Å². The van der Waals surface area contributed by atoms with Gasteiger partial charge in [-0.25, -0.2) is 30.0 Å². The molecule has 14 heteroatoms. The average molecular weight is 466 g/mol. The van der Waals surface area contributed by atoms with Gasteiger partial charge < -0.3 is 0 Å². The highest BCUT2D eigenvalue weighted by Gasteiger charge is 2.66. The van der Waals surface area contributed by atoms with Gasteiger partial charge in [-0.3, -0.25) is 9.59 Å². The van der Waals surface area contributed by atoms with E-state index >= 15 is 0 Å². The summed E-state index contributed by atoms with van der Waals surface area (Å²) in [6, 6.07) is 0. The minimum Gasteiger partial charge on any atom is -0.299 e. The summed E-state index contributed by atoms with van der Waals surface area (Å²) in [6.07, 6.45) is 1.30. The lowest BCUT2D eigenvalue weighted by Crippen LogP contribution is -2.52. The van der Waals surface area contributed by atoms with Crippen LogP contribution < -0.4 is 4.72 Å². The van der Waals surface area contributed by atoms with Gasteiger partial charge in [-0.2, -0.15) is 8.78 Å².